The average Bonchev–Trinajstić information content (AvgIpc) is 3.00. The number of aromatic amines is 1. The van der Waals surface area contributed by atoms with Crippen LogP contribution in [0.2, 0.25) is 0 Å². The van der Waals surface area contributed by atoms with Crippen molar-refractivity contribution in [1.29, 1.82) is 0 Å². The number of carbonyl (C=O) groups excluding carboxylic acids is 1. The van der Waals surface area contributed by atoms with Crippen LogP contribution in [0.4, 0.5) is 5.82 Å². The third kappa shape index (κ3) is 2.87. The molecule has 1 amide bonds. The second-order valence-corrected chi connectivity index (χ2v) is 5.43. The Hall–Kier alpha value is -2.90. The number of rotatable bonds is 4. The molecule has 0 unspecified atom stereocenters. The number of piperidine rings is 1. The standard InChI is InChI=1S/C15H17N5O3/c1-2-11(21)20-5-3-4-9(7-20)19-14-12-10(15(22)23)6-16-13(12)17-8-18-14/h2,6,8-9H,1,3-5,7H2,(H,22,23)(H2,16,17,18,19)/t9-/m1/s1. The minimum atomic E-state index is -1.04. The van der Waals surface area contributed by atoms with Gasteiger partial charge in [-0.1, -0.05) is 6.58 Å². The molecule has 1 fully saturated rings. The Kier molecular flexibility index (Phi) is 3.96. The summed E-state index contributed by atoms with van der Waals surface area (Å²) in [6, 6.07) is 0.00212. The number of anilines is 1. The quantitative estimate of drug-likeness (QED) is 0.732. The monoisotopic (exact) mass is 315 g/mol. The number of aromatic carboxylic acids is 1. The number of hydrogen-bond acceptors (Lipinski definition) is 5. The van der Waals surface area contributed by atoms with Crippen LogP contribution in [-0.4, -0.2) is 56.0 Å². The van der Waals surface area contributed by atoms with Gasteiger partial charge >= 0.3 is 5.97 Å². The Bertz CT molecular complexity index is 770. The molecular weight excluding hydrogens is 298 g/mol. The third-order valence-electron chi connectivity index (χ3n) is 3.95. The number of H-pyrrole nitrogens is 1. The highest BCUT2D eigenvalue weighted by molar-refractivity contribution is 6.06. The lowest BCUT2D eigenvalue weighted by Gasteiger charge is -2.32. The topological polar surface area (TPSA) is 111 Å². The number of carboxylic acid groups (broad SMARTS) is 1. The summed E-state index contributed by atoms with van der Waals surface area (Å²) in [5.41, 5.74) is 0.590. The summed E-state index contributed by atoms with van der Waals surface area (Å²) in [5, 5.41) is 13.0. The first-order valence-corrected chi connectivity index (χ1v) is 7.33. The SMILES string of the molecule is C=CC(=O)N1CCC[C@@H](Nc2ncnc3[nH]cc(C(=O)O)c23)C1. The zero-order valence-electron chi connectivity index (χ0n) is 12.5. The Balaban J connectivity index is 1.86. The summed E-state index contributed by atoms with van der Waals surface area (Å²) in [7, 11) is 0. The number of likely N-dealkylation sites (tertiary alicyclic amines) is 1. The lowest BCUT2D eigenvalue weighted by atomic mass is 10.1. The van der Waals surface area contributed by atoms with E-state index in [4.69, 9.17) is 0 Å². The molecule has 3 N–H and O–H groups in total. The van der Waals surface area contributed by atoms with E-state index in [2.05, 4.69) is 26.8 Å². The van der Waals surface area contributed by atoms with Gasteiger partial charge in [0.15, 0.2) is 0 Å². The Morgan fingerprint density at radius 2 is 2.30 bits per heavy atom. The van der Waals surface area contributed by atoms with Gasteiger partial charge in [-0.3, -0.25) is 4.79 Å². The van der Waals surface area contributed by atoms with Crippen LogP contribution in [0.1, 0.15) is 23.2 Å². The first kappa shape index (κ1) is 15.0. The van der Waals surface area contributed by atoms with Crippen molar-refractivity contribution >= 4 is 28.7 Å². The summed E-state index contributed by atoms with van der Waals surface area (Å²) < 4.78 is 0. The van der Waals surface area contributed by atoms with Crippen LogP contribution in [0.25, 0.3) is 11.0 Å². The van der Waals surface area contributed by atoms with Gasteiger partial charge in [-0.15, -0.1) is 0 Å². The number of nitrogens with one attached hydrogen (secondary N) is 2. The van der Waals surface area contributed by atoms with Crippen molar-refractivity contribution < 1.29 is 14.7 Å². The number of amides is 1. The van der Waals surface area contributed by atoms with Crippen LogP contribution < -0.4 is 5.32 Å². The van der Waals surface area contributed by atoms with Crippen LogP contribution in [-0.2, 0) is 4.79 Å². The van der Waals surface area contributed by atoms with E-state index in [0.29, 0.717) is 29.9 Å². The van der Waals surface area contributed by atoms with Gasteiger partial charge in [-0.25, -0.2) is 14.8 Å². The van der Waals surface area contributed by atoms with Gasteiger partial charge in [0.1, 0.15) is 17.8 Å². The van der Waals surface area contributed by atoms with Crippen LogP contribution in [0.3, 0.4) is 0 Å². The van der Waals surface area contributed by atoms with Crippen molar-refractivity contribution in [3.05, 3.63) is 30.7 Å². The van der Waals surface area contributed by atoms with E-state index < -0.39 is 5.97 Å². The number of carboxylic acids is 1. The number of hydrogen-bond donors (Lipinski definition) is 3. The largest absolute Gasteiger partial charge is 0.478 e. The number of aromatic nitrogens is 3. The zero-order valence-corrected chi connectivity index (χ0v) is 12.5. The van der Waals surface area contributed by atoms with Gasteiger partial charge in [0.2, 0.25) is 5.91 Å². The highest BCUT2D eigenvalue weighted by atomic mass is 16.4. The lowest BCUT2D eigenvalue weighted by Crippen LogP contribution is -2.44. The molecule has 1 atom stereocenters. The Labute approximate surface area is 132 Å². The minimum absolute atomic E-state index is 0.00212. The van der Waals surface area contributed by atoms with Crippen molar-refractivity contribution in [2.75, 3.05) is 18.4 Å². The smallest absolute Gasteiger partial charge is 0.338 e. The molecule has 8 heteroatoms. The first-order valence-electron chi connectivity index (χ1n) is 7.33. The minimum Gasteiger partial charge on any atom is -0.478 e. The van der Waals surface area contributed by atoms with Crippen molar-refractivity contribution in [2.24, 2.45) is 0 Å². The van der Waals surface area contributed by atoms with E-state index in [1.54, 1.807) is 4.90 Å². The summed E-state index contributed by atoms with van der Waals surface area (Å²) in [5.74, 6) is -0.676. The van der Waals surface area contributed by atoms with E-state index in [0.717, 1.165) is 12.8 Å². The molecule has 2 aromatic heterocycles. The molecule has 0 spiro atoms. The fourth-order valence-corrected chi connectivity index (χ4v) is 2.86. The molecule has 1 aliphatic heterocycles. The predicted octanol–water partition coefficient (Wildman–Crippen LogP) is 1.24. The maximum atomic E-state index is 11.8. The fourth-order valence-electron chi connectivity index (χ4n) is 2.86. The normalized spacial score (nSPS) is 17.9. The molecule has 120 valence electrons. The summed E-state index contributed by atoms with van der Waals surface area (Å²) in [6.07, 6.45) is 5.83. The summed E-state index contributed by atoms with van der Waals surface area (Å²) in [4.78, 5) is 35.9. The molecule has 0 bridgehead atoms. The van der Waals surface area contributed by atoms with Crippen molar-refractivity contribution in [1.82, 2.24) is 19.9 Å². The fraction of sp³-hybridized carbons (Fsp3) is 0.333. The van der Waals surface area contributed by atoms with Crippen LogP contribution in [0.15, 0.2) is 25.2 Å². The molecule has 3 rings (SSSR count). The van der Waals surface area contributed by atoms with E-state index in [9.17, 15) is 14.7 Å². The zero-order chi connectivity index (χ0) is 16.4. The number of fused-ring (bicyclic) bond motifs is 1. The van der Waals surface area contributed by atoms with Gasteiger partial charge in [0.25, 0.3) is 0 Å². The molecule has 1 aliphatic rings. The van der Waals surface area contributed by atoms with Crippen molar-refractivity contribution in [2.45, 2.75) is 18.9 Å². The number of carbonyl (C=O) groups is 2. The molecule has 0 radical (unpaired) electrons. The maximum Gasteiger partial charge on any atom is 0.338 e. The molecule has 3 heterocycles. The van der Waals surface area contributed by atoms with Gasteiger partial charge in [-0.2, -0.15) is 0 Å². The predicted molar refractivity (Wildman–Crippen MR) is 84.3 cm³/mol. The molecule has 0 aliphatic carbocycles. The Morgan fingerprint density at radius 3 is 3.04 bits per heavy atom. The van der Waals surface area contributed by atoms with E-state index in [1.807, 2.05) is 0 Å². The second kappa shape index (κ2) is 6.07. The molecule has 23 heavy (non-hydrogen) atoms. The Morgan fingerprint density at radius 1 is 1.48 bits per heavy atom. The van der Waals surface area contributed by atoms with E-state index in [1.165, 1.54) is 18.6 Å². The molecule has 8 nitrogen and oxygen atoms in total. The highest BCUT2D eigenvalue weighted by Crippen LogP contribution is 2.25. The molecule has 0 aromatic carbocycles. The van der Waals surface area contributed by atoms with Gasteiger partial charge < -0.3 is 20.3 Å². The molecule has 0 saturated carbocycles. The molecule has 1 saturated heterocycles. The van der Waals surface area contributed by atoms with Crippen LogP contribution in [0, 0.1) is 0 Å². The highest BCUT2D eigenvalue weighted by Gasteiger charge is 2.24. The molecule has 2 aromatic rings. The van der Waals surface area contributed by atoms with Crippen molar-refractivity contribution in [3.63, 3.8) is 0 Å². The van der Waals surface area contributed by atoms with E-state index in [-0.39, 0.29) is 17.5 Å². The van der Waals surface area contributed by atoms with Gasteiger partial charge in [-0.05, 0) is 18.9 Å². The molecular formula is C15H17N5O3. The second-order valence-electron chi connectivity index (χ2n) is 5.43. The van der Waals surface area contributed by atoms with Crippen LogP contribution in [0.5, 0.6) is 0 Å². The summed E-state index contributed by atoms with van der Waals surface area (Å²) >= 11 is 0. The lowest BCUT2D eigenvalue weighted by molar-refractivity contribution is -0.127. The van der Waals surface area contributed by atoms with Crippen LogP contribution >= 0.6 is 0 Å². The first-order chi connectivity index (χ1) is 11.1. The number of nitrogens with zero attached hydrogens (tertiary/aromatic N) is 3. The third-order valence-corrected chi connectivity index (χ3v) is 3.95. The van der Waals surface area contributed by atoms with Crippen molar-refractivity contribution in [3.8, 4) is 0 Å². The van der Waals surface area contributed by atoms with Gasteiger partial charge in [0.05, 0.1) is 10.9 Å². The average molecular weight is 315 g/mol. The summed E-state index contributed by atoms with van der Waals surface area (Å²) in [6.45, 7) is 4.74. The van der Waals surface area contributed by atoms with Gasteiger partial charge in [0, 0.05) is 25.3 Å². The van der Waals surface area contributed by atoms with E-state index >= 15 is 0 Å². The maximum absolute atomic E-state index is 11.8.